The lowest BCUT2D eigenvalue weighted by Crippen LogP contribution is -2.51. The first kappa shape index (κ1) is 14.8. The molecule has 7 heteroatoms. The predicted octanol–water partition coefficient (Wildman–Crippen LogP) is -0.194. The quantitative estimate of drug-likeness (QED) is 0.598. The van der Waals surface area contributed by atoms with Crippen LogP contribution < -0.4 is 5.32 Å². The van der Waals surface area contributed by atoms with E-state index in [4.69, 9.17) is 9.47 Å². The van der Waals surface area contributed by atoms with Crippen LogP contribution in [0.1, 0.15) is 0 Å². The van der Waals surface area contributed by atoms with E-state index in [0.29, 0.717) is 13.2 Å². The van der Waals surface area contributed by atoms with Crippen LogP contribution in [-0.2, 0) is 16.0 Å². The largest absolute Gasteiger partial charge is 0.382 e. The van der Waals surface area contributed by atoms with Gasteiger partial charge in [-0.05, 0) is 0 Å². The number of hydrogen-bond donors (Lipinski definition) is 1. The fourth-order valence-corrected chi connectivity index (χ4v) is 2.25. The van der Waals surface area contributed by atoms with Gasteiger partial charge in [0.15, 0.2) is 5.96 Å². The number of aromatic nitrogens is 2. The van der Waals surface area contributed by atoms with Crippen LogP contribution in [0.2, 0.25) is 0 Å². The van der Waals surface area contributed by atoms with Crippen LogP contribution in [0.3, 0.4) is 0 Å². The molecule has 0 spiro atoms. The van der Waals surface area contributed by atoms with E-state index in [-0.39, 0.29) is 6.10 Å². The predicted molar refractivity (Wildman–Crippen MR) is 76.8 cm³/mol. The van der Waals surface area contributed by atoms with Crippen molar-refractivity contribution < 1.29 is 9.47 Å². The molecule has 1 aromatic rings. The van der Waals surface area contributed by atoms with Crippen LogP contribution in [0.4, 0.5) is 0 Å². The molecular weight excluding hydrogens is 258 g/mol. The summed E-state index contributed by atoms with van der Waals surface area (Å²) >= 11 is 0. The summed E-state index contributed by atoms with van der Waals surface area (Å²) < 4.78 is 12.8. The van der Waals surface area contributed by atoms with Crippen molar-refractivity contribution >= 4 is 5.96 Å². The molecule has 7 nitrogen and oxygen atoms in total. The molecule has 20 heavy (non-hydrogen) atoms. The molecule has 0 radical (unpaired) electrons. The first-order valence-electron chi connectivity index (χ1n) is 6.85. The Bertz CT molecular complexity index is 405. The van der Waals surface area contributed by atoms with E-state index in [9.17, 15) is 0 Å². The Labute approximate surface area is 119 Å². The summed E-state index contributed by atoms with van der Waals surface area (Å²) in [5.41, 5.74) is 0. The average Bonchev–Trinajstić information content (AvgIpc) is 2.97. The molecular formula is C13H23N5O2. The highest BCUT2D eigenvalue weighted by atomic mass is 16.5. The number of nitrogens with one attached hydrogen (secondary N) is 1. The zero-order chi connectivity index (χ0) is 14.2. The van der Waals surface area contributed by atoms with Crippen molar-refractivity contribution in [3.05, 3.63) is 18.7 Å². The Morgan fingerprint density at radius 2 is 2.50 bits per heavy atom. The number of methoxy groups -OCH3 is 1. The van der Waals surface area contributed by atoms with E-state index < -0.39 is 0 Å². The van der Waals surface area contributed by atoms with Gasteiger partial charge < -0.3 is 24.3 Å². The molecule has 1 unspecified atom stereocenters. The van der Waals surface area contributed by atoms with Gasteiger partial charge in [-0.3, -0.25) is 4.99 Å². The average molecular weight is 281 g/mol. The third-order valence-electron chi connectivity index (χ3n) is 3.21. The maximum absolute atomic E-state index is 5.64. The number of hydrogen-bond acceptors (Lipinski definition) is 4. The second-order valence-corrected chi connectivity index (χ2v) is 4.67. The topological polar surface area (TPSA) is 63.9 Å². The summed E-state index contributed by atoms with van der Waals surface area (Å²) in [6, 6.07) is 0. The van der Waals surface area contributed by atoms with Gasteiger partial charge in [-0.2, -0.15) is 0 Å². The lowest BCUT2D eigenvalue weighted by atomic mass is 10.3. The van der Waals surface area contributed by atoms with E-state index in [1.807, 2.05) is 17.1 Å². The van der Waals surface area contributed by atoms with Crippen molar-refractivity contribution in [3.63, 3.8) is 0 Å². The lowest BCUT2D eigenvalue weighted by molar-refractivity contribution is -0.0447. The van der Waals surface area contributed by atoms with Crippen molar-refractivity contribution in [1.29, 1.82) is 0 Å². The fraction of sp³-hybridized carbons (Fsp3) is 0.692. The molecule has 2 heterocycles. The highest BCUT2D eigenvalue weighted by Crippen LogP contribution is 2.05. The standard InChI is InChI=1S/C13H23N5O2/c1-14-13(16-4-6-17-5-3-15-11-17)18-7-8-20-12(9-18)10-19-2/h3,5,11-12H,4,6-10H2,1-2H3,(H,14,16). The summed E-state index contributed by atoms with van der Waals surface area (Å²) in [5, 5.41) is 3.37. The van der Waals surface area contributed by atoms with Crippen LogP contribution in [-0.4, -0.2) is 73.5 Å². The van der Waals surface area contributed by atoms with Gasteiger partial charge in [0.05, 0.1) is 25.6 Å². The van der Waals surface area contributed by atoms with Crippen LogP contribution >= 0.6 is 0 Å². The number of nitrogens with zero attached hydrogens (tertiary/aromatic N) is 4. The maximum Gasteiger partial charge on any atom is 0.193 e. The molecule has 1 fully saturated rings. The molecule has 1 saturated heterocycles. The number of imidazole rings is 1. The highest BCUT2D eigenvalue weighted by molar-refractivity contribution is 5.79. The number of morpholine rings is 1. The van der Waals surface area contributed by atoms with Gasteiger partial charge in [-0.15, -0.1) is 0 Å². The van der Waals surface area contributed by atoms with E-state index >= 15 is 0 Å². The van der Waals surface area contributed by atoms with Gasteiger partial charge in [0.25, 0.3) is 0 Å². The van der Waals surface area contributed by atoms with Crippen LogP contribution in [0.15, 0.2) is 23.7 Å². The van der Waals surface area contributed by atoms with E-state index in [2.05, 4.69) is 20.2 Å². The van der Waals surface area contributed by atoms with Crippen molar-refractivity contribution in [1.82, 2.24) is 19.8 Å². The third kappa shape index (κ3) is 4.21. The Morgan fingerprint density at radius 3 is 3.20 bits per heavy atom. The third-order valence-corrected chi connectivity index (χ3v) is 3.21. The second kappa shape index (κ2) is 7.86. The van der Waals surface area contributed by atoms with Crippen molar-refractivity contribution in [2.24, 2.45) is 4.99 Å². The van der Waals surface area contributed by atoms with Gasteiger partial charge in [-0.1, -0.05) is 0 Å². The van der Waals surface area contributed by atoms with Crippen molar-refractivity contribution in [2.45, 2.75) is 12.6 Å². The minimum Gasteiger partial charge on any atom is -0.382 e. The number of aliphatic imine (C=N–C) groups is 1. The molecule has 1 aliphatic heterocycles. The molecule has 1 atom stereocenters. The summed E-state index contributed by atoms with van der Waals surface area (Å²) in [6.07, 6.45) is 5.66. The first-order valence-corrected chi connectivity index (χ1v) is 6.85. The Balaban J connectivity index is 1.78. The summed E-state index contributed by atoms with van der Waals surface area (Å²) in [4.78, 5) is 10.6. The van der Waals surface area contributed by atoms with Gasteiger partial charge in [-0.25, -0.2) is 4.98 Å². The Kier molecular flexibility index (Phi) is 5.82. The summed E-state index contributed by atoms with van der Waals surface area (Å²) in [6.45, 7) is 4.66. The molecule has 1 aromatic heterocycles. The maximum atomic E-state index is 5.64. The minimum absolute atomic E-state index is 0.112. The van der Waals surface area contributed by atoms with Crippen molar-refractivity contribution in [3.8, 4) is 0 Å². The van der Waals surface area contributed by atoms with Gasteiger partial charge >= 0.3 is 0 Å². The smallest absolute Gasteiger partial charge is 0.193 e. The Morgan fingerprint density at radius 1 is 1.60 bits per heavy atom. The van der Waals surface area contributed by atoms with E-state index in [0.717, 1.165) is 32.1 Å². The van der Waals surface area contributed by atoms with Crippen LogP contribution in [0.25, 0.3) is 0 Å². The molecule has 0 bridgehead atoms. The second-order valence-electron chi connectivity index (χ2n) is 4.67. The number of ether oxygens (including phenoxy) is 2. The monoisotopic (exact) mass is 281 g/mol. The summed E-state index contributed by atoms with van der Waals surface area (Å²) in [5.74, 6) is 0.912. The fourth-order valence-electron chi connectivity index (χ4n) is 2.25. The van der Waals surface area contributed by atoms with Crippen LogP contribution in [0, 0.1) is 0 Å². The molecule has 0 saturated carbocycles. The number of rotatable bonds is 5. The first-order chi connectivity index (χ1) is 9.83. The summed E-state index contributed by atoms with van der Waals surface area (Å²) in [7, 11) is 3.50. The zero-order valence-corrected chi connectivity index (χ0v) is 12.2. The molecule has 0 aromatic carbocycles. The minimum atomic E-state index is 0.112. The molecule has 1 N–H and O–H groups in total. The number of guanidine groups is 1. The van der Waals surface area contributed by atoms with Crippen LogP contribution in [0.5, 0.6) is 0 Å². The molecule has 0 aliphatic carbocycles. The highest BCUT2D eigenvalue weighted by Gasteiger charge is 2.22. The van der Waals surface area contributed by atoms with E-state index in [1.165, 1.54) is 0 Å². The SMILES string of the molecule is CN=C(NCCn1ccnc1)N1CCOC(COC)C1. The Hall–Kier alpha value is -1.60. The van der Waals surface area contributed by atoms with Gasteiger partial charge in [0.1, 0.15) is 0 Å². The molecule has 2 rings (SSSR count). The van der Waals surface area contributed by atoms with E-state index in [1.54, 1.807) is 20.4 Å². The normalized spacial score (nSPS) is 20.2. The molecule has 112 valence electrons. The van der Waals surface area contributed by atoms with Gasteiger partial charge in [0, 0.05) is 52.7 Å². The zero-order valence-electron chi connectivity index (χ0n) is 12.2. The van der Waals surface area contributed by atoms with Crippen molar-refractivity contribution in [2.75, 3.05) is 47.0 Å². The lowest BCUT2D eigenvalue weighted by Gasteiger charge is -2.34. The van der Waals surface area contributed by atoms with Gasteiger partial charge in [0.2, 0.25) is 0 Å². The molecule has 1 aliphatic rings. The molecule has 0 amide bonds.